The molecule has 2 aromatic heterocycles. The molecule has 0 aromatic carbocycles. The van der Waals surface area contributed by atoms with Crippen LogP contribution in [-0.2, 0) is 0 Å². The van der Waals surface area contributed by atoms with Crippen LogP contribution in [0.25, 0.3) is 5.95 Å². The van der Waals surface area contributed by atoms with Gasteiger partial charge >= 0.3 is 0 Å². The zero-order valence-electron chi connectivity index (χ0n) is 10.7. The highest BCUT2D eigenvalue weighted by molar-refractivity contribution is 6.28. The molecule has 8 heteroatoms. The number of aromatic nitrogens is 5. The van der Waals surface area contributed by atoms with Gasteiger partial charge in [-0.3, -0.25) is 0 Å². The van der Waals surface area contributed by atoms with Crippen molar-refractivity contribution in [1.82, 2.24) is 24.7 Å². The molecule has 0 saturated heterocycles. The van der Waals surface area contributed by atoms with Crippen molar-refractivity contribution in [1.29, 1.82) is 0 Å². The number of hydrogen-bond acceptors (Lipinski definition) is 6. The van der Waals surface area contributed by atoms with E-state index >= 15 is 0 Å². The Kier molecular flexibility index (Phi) is 4.28. The fraction of sp³-hybridized carbons (Fsp3) is 0.455. The van der Waals surface area contributed by atoms with Crippen molar-refractivity contribution in [3.63, 3.8) is 0 Å². The number of halogens is 1. The molecule has 19 heavy (non-hydrogen) atoms. The Hall–Kier alpha value is -1.73. The highest BCUT2D eigenvalue weighted by atomic mass is 35.5. The van der Waals surface area contributed by atoms with E-state index in [0.717, 1.165) is 0 Å². The Balaban J connectivity index is 2.22. The average molecular weight is 283 g/mol. The van der Waals surface area contributed by atoms with Crippen LogP contribution in [-0.4, -0.2) is 42.5 Å². The number of nitrogens with one attached hydrogen (secondary N) is 1. The molecule has 0 saturated carbocycles. The second-order valence-corrected chi connectivity index (χ2v) is 4.61. The lowest BCUT2D eigenvalue weighted by molar-refractivity contribution is 0.226. The smallest absolute Gasteiger partial charge is 0.256 e. The Bertz CT molecular complexity index is 532. The normalized spacial score (nSPS) is 14.1. The van der Waals surface area contributed by atoms with Crippen LogP contribution in [0.5, 0.6) is 0 Å². The van der Waals surface area contributed by atoms with Crippen LogP contribution >= 0.6 is 11.6 Å². The summed E-state index contributed by atoms with van der Waals surface area (Å²) in [6, 6.07) is 1.77. The van der Waals surface area contributed by atoms with Crippen LogP contribution < -0.4 is 5.32 Å². The molecule has 7 nitrogen and oxygen atoms in total. The first kappa shape index (κ1) is 13.7. The second kappa shape index (κ2) is 5.94. The molecule has 2 heterocycles. The maximum absolute atomic E-state index is 9.11. The minimum Gasteiger partial charge on any atom is -0.396 e. The first-order valence-electron chi connectivity index (χ1n) is 5.89. The summed E-state index contributed by atoms with van der Waals surface area (Å²) >= 11 is 5.87. The van der Waals surface area contributed by atoms with Crippen LogP contribution in [0.4, 0.5) is 5.95 Å². The van der Waals surface area contributed by atoms with E-state index in [4.69, 9.17) is 16.7 Å². The monoisotopic (exact) mass is 282 g/mol. The molecule has 2 N–H and O–H groups in total. The van der Waals surface area contributed by atoms with Crippen molar-refractivity contribution in [3.05, 3.63) is 23.7 Å². The standard InChI is InChI=1S/C11H15ClN6O/c1-7(6-19)8(2)14-10-15-9(12)16-11(17-10)18-5-3-4-13-18/h3-5,7-8,19H,6H2,1-2H3,(H,14,15,16,17). The Morgan fingerprint density at radius 1 is 1.37 bits per heavy atom. The fourth-order valence-corrected chi connectivity index (χ4v) is 1.55. The summed E-state index contributed by atoms with van der Waals surface area (Å²) in [6.07, 6.45) is 3.34. The van der Waals surface area contributed by atoms with Gasteiger partial charge in [-0.05, 0) is 30.5 Å². The summed E-state index contributed by atoms with van der Waals surface area (Å²) < 4.78 is 1.50. The van der Waals surface area contributed by atoms with Crippen molar-refractivity contribution in [2.75, 3.05) is 11.9 Å². The predicted molar refractivity (Wildman–Crippen MR) is 71.3 cm³/mol. The van der Waals surface area contributed by atoms with Crippen molar-refractivity contribution in [2.24, 2.45) is 5.92 Å². The lowest BCUT2D eigenvalue weighted by Crippen LogP contribution is -2.27. The molecule has 0 radical (unpaired) electrons. The van der Waals surface area contributed by atoms with Gasteiger partial charge in [-0.25, -0.2) is 4.68 Å². The van der Waals surface area contributed by atoms with E-state index in [1.807, 2.05) is 13.8 Å². The van der Waals surface area contributed by atoms with Crippen LogP contribution in [0.15, 0.2) is 18.5 Å². The summed E-state index contributed by atoms with van der Waals surface area (Å²) in [5, 5.41) is 16.3. The largest absolute Gasteiger partial charge is 0.396 e. The van der Waals surface area contributed by atoms with E-state index in [1.54, 1.807) is 18.5 Å². The fourth-order valence-electron chi connectivity index (χ4n) is 1.40. The van der Waals surface area contributed by atoms with E-state index in [2.05, 4.69) is 25.4 Å². The Morgan fingerprint density at radius 3 is 2.79 bits per heavy atom. The van der Waals surface area contributed by atoms with E-state index in [-0.39, 0.29) is 23.9 Å². The van der Waals surface area contributed by atoms with E-state index in [1.165, 1.54) is 4.68 Å². The predicted octanol–water partition coefficient (Wildman–Crippen LogP) is 1.14. The molecule has 0 spiro atoms. The van der Waals surface area contributed by atoms with E-state index in [0.29, 0.717) is 11.9 Å². The number of aliphatic hydroxyl groups is 1. The van der Waals surface area contributed by atoms with Crippen LogP contribution in [0.1, 0.15) is 13.8 Å². The third-order valence-electron chi connectivity index (χ3n) is 2.80. The zero-order valence-corrected chi connectivity index (χ0v) is 11.4. The molecule has 0 amide bonds. The van der Waals surface area contributed by atoms with Crippen molar-refractivity contribution >= 4 is 17.5 Å². The Morgan fingerprint density at radius 2 is 2.16 bits per heavy atom. The van der Waals surface area contributed by atoms with E-state index in [9.17, 15) is 0 Å². The van der Waals surface area contributed by atoms with E-state index < -0.39 is 0 Å². The van der Waals surface area contributed by atoms with Gasteiger partial charge in [0.25, 0.3) is 5.95 Å². The average Bonchev–Trinajstić information content (AvgIpc) is 2.90. The number of hydrogen-bond donors (Lipinski definition) is 2. The topological polar surface area (TPSA) is 88.8 Å². The molecule has 0 aliphatic heterocycles. The minimum atomic E-state index is 0.00828. The quantitative estimate of drug-likeness (QED) is 0.855. The summed E-state index contributed by atoms with van der Waals surface area (Å²) in [5.41, 5.74) is 0. The highest BCUT2D eigenvalue weighted by Gasteiger charge is 2.14. The van der Waals surface area contributed by atoms with Gasteiger partial charge in [-0.15, -0.1) is 0 Å². The molecule has 0 fully saturated rings. The lowest BCUT2D eigenvalue weighted by atomic mass is 10.1. The van der Waals surface area contributed by atoms with Gasteiger partial charge in [0.2, 0.25) is 11.2 Å². The molecule has 0 aliphatic rings. The van der Waals surface area contributed by atoms with Crippen molar-refractivity contribution in [2.45, 2.75) is 19.9 Å². The molecular weight excluding hydrogens is 268 g/mol. The van der Waals surface area contributed by atoms with Crippen molar-refractivity contribution < 1.29 is 5.11 Å². The summed E-state index contributed by atoms with van der Waals surface area (Å²) in [7, 11) is 0. The molecule has 2 unspecified atom stereocenters. The summed E-state index contributed by atoms with van der Waals surface area (Å²) in [5.74, 6) is 0.776. The van der Waals surface area contributed by atoms with Crippen molar-refractivity contribution in [3.8, 4) is 5.95 Å². The maximum Gasteiger partial charge on any atom is 0.256 e. The Labute approximate surface area is 115 Å². The minimum absolute atomic E-state index is 0.00828. The third kappa shape index (κ3) is 3.39. The van der Waals surface area contributed by atoms with Crippen LogP contribution in [0, 0.1) is 5.92 Å². The molecule has 0 bridgehead atoms. The number of anilines is 1. The van der Waals surface area contributed by atoms with Gasteiger partial charge in [-0.2, -0.15) is 20.1 Å². The molecule has 2 aromatic rings. The number of aliphatic hydroxyl groups excluding tert-OH is 1. The third-order valence-corrected chi connectivity index (χ3v) is 2.97. The number of nitrogens with zero attached hydrogens (tertiary/aromatic N) is 5. The van der Waals surface area contributed by atoms with Crippen LogP contribution in [0.2, 0.25) is 5.28 Å². The number of rotatable bonds is 5. The van der Waals surface area contributed by atoms with Crippen LogP contribution in [0.3, 0.4) is 0 Å². The zero-order chi connectivity index (χ0) is 13.8. The van der Waals surface area contributed by atoms with Gasteiger partial charge in [0.05, 0.1) is 0 Å². The van der Waals surface area contributed by atoms with Gasteiger partial charge in [0.15, 0.2) is 0 Å². The summed E-state index contributed by atoms with van der Waals surface area (Å²) in [4.78, 5) is 12.2. The molecular formula is C11H15ClN6O. The van der Waals surface area contributed by atoms with Gasteiger partial charge in [0.1, 0.15) is 0 Å². The molecule has 102 valence electrons. The first-order valence-corrected chi connectivity index (χ1v) is 6.27. The highest BCUT2D eigenvalue weighted by Crippen LogP contribution is 2.12. The first-order chi connectivity index (χ1) is 9.10. The molecule has 2 atom stereocenters. The van der Waals surface area contributed by atoms with Gasteiger partial charge in [-0.1, -0.05) is 6.92 Å². The molecule has 2 rings (SSSR count). The summed E-state index contributed by atoms with van der Waals surface area (Å²) in [6.45, 7) is 3.94. The molecule has 0 aliphatic carbocycles. The lowest BCUT2D eigenvalue weighted by Gasteiger charge is -2.19. The van der Waals surface area contributed by atoms with Gasteiger partial charge < -0.3 is 10.4 Å². The maximum atomic E-state index is 9.11. The second-order valence-electron chi connectivity index (χ2n) is 4.27. The SMILES string of the molecule is CC(CO)C(C)Nc1nc(Cl)nc(-n2cccn2)n1. The van der Waals surface area contributed by atoms with Gasteiger partial charge in [0, 0.05) is 25.0 Å².